The molecule has 0 radical (unpaired) electrons. The lowest BCUT2D eigenvalue weighted by molar-refractivity contribution is 0.0959. The van der Waals surface area contributed by atoms with Crippen molar-refractivity contribution in [1.82, 2.24) is 5.43 Å². The SMILES string of the molecule is CCOc1ccc(/C=N/NC(=O)c2sc3c(Cl)c(OC)ccc3c2Cl)cc1. The van der Waals surface area contributed by atoms with Crippen molar-refractivity contribution in [1.29, 1.82) is 0 Å². The largest absolute Gasteiger partial charge is 0.495 e. The molecule has 0 saturated heterocycles. The minimum absolute atomic E-state index is 0.339. The number of nitrogens with one attached hydrogen (secondary N) is 1. The number of halogens is 2. The van der Waals surface area contributed by atoms with E-state index in [2.05, 4.69) is 10.5 Å². The first-order valence-electron chi connectivity index (χ1n) is 8.06. The van der Waals surface area contributed by atoms with Crippen LogP contribution >= 0.6 is 34.5 Å². The fraction of sp³-hybridized carbons (Fsp3) is 0.158. The lowest BCUT2D eigenvalue weighted by Crippen LogP contribution is -2.16. The maximum Gasteiger partial charge on any atom is 0.283 e. The molecule has 0 bridgehead atoms. The van der Waals surface area contributed by atoms with Crippen LogP contribution in [0.3, 0.4) is 0 Å². The van der Waals surface area contributed by atoms with Crippen molar-refractivity contribution in [2.75, 3.05) is 13.7 Å². The molecule has 5 nitrogen and oxygen atoms in total. The summed E-state index contributed by atoms with van der Waals surface area (Å²) in [6.45, 7) is 2.53. The maximum atomic E-state index is 12.4. The van der Waals surface area contributed by atoms with Crippen LogP contribution in [0.2, 0.25) is 10.0 Å². The summed E-state index contributed by atoms with van der Waals surface area (Å²) in [5.74, 6) is 0.907. The first-order valence-corrected chi connectivity index (χ1v) is 9.63. The fourth-order valence-corrected chi connectivity index (χ4v) is 4.20. The van der Waals surface area contributed by atoms with E-state index in [4.69, 9.17) is 32.7 Å². The number of ether oxygens (including phenoxy) is 2. The third-order valence-electron chi connectivity index (χ3n) is 3.70. The molecule has 27 heavy (non-hydrogen) atoms. The molecule has 8 heteroatoms. The van der Waals surface area contributed by atoms with Crippen molar-refractivity contribution in [2.45, 2.75) is 6.92 Å². The number of fused-ring (bicyclic) bond motifs is 1. The van der Waals surface area contributed by atoms with Gasteiger partial charge in [-0.25, -0.2) is 5.43 Å². The van der Waals surface area contributed by atoms with Crippen LogP contribution in [0.1, 0.15) is 22.2 Å². The standard InChI is InChI=1S/C19H16Cl2N2O3S/c1-3-26-12-6-4-11(5-7-12)10-22-23-19(24)18-15(20)13-8-9-14(25-2)16(21)17(13)27-18/h4-10H,3H2,1-2H3,(H,23,24)/b22-10+. The molecule has 0 aliphatic rings. The van der Waals surface area contributed by atoms with Gasteiger partial charge in [0, 0.05) is 5.39 Å². The third kappa shape index (κ3) is 4.18. The van der Waals surface area contributed by atoms with Crippen LogP contribution in [-0.2, 0) is 0 Å². The number of nitrogens with zero attached hydrogens (tertiary/aromatic N) is 1. The molecular formula is C19H16Cl2N2O3S. The Labute approximate surface area is 170 Å². The molecule has 0 aliphatic carbocycles. The zero-order valence-electron chi connectivity index (χ0n) is 14.6. The Morgan fingerprint density at radius 3 is 2.59 bits per heavy atom. The van der Waals surface area contributed by atoms with Crippen LogP contribution in [0.25, 0.3) is 10.1 Å². The number of hydrogen-bond acceptors (Lipinski definition) is 5. The highest BCUT2D eigenvalue weighted by Crippen LogP contribution is 2.42. The number of rotatable bonds is 6. The lowest BCUT2D eigenvalue weighted by Gasteiger charge is -2.02. The van der Waals surface area contributed by atoms with E-state index in [1.165, 1.54) is 18.4 Å². The monoisotopic (exact) mass is 422 g/mol. The molecule has 1 N–H and O–H groups in total. The highest BCUT2D eigenvalue weighted by molar-refractivity contribution is 7.22. The van der Waals surface area contributed by atoms with Crippen molar-refractivity contribution in [3.8, 4) is 11.5 Å². The van der Waals surface area contributed by atoms with E-state index in [0.717, 1.165) is 11.3 Å². The number of carbonyl (C=O) groups is 1. The normalized spacial score (nSPS) is 11.1. The van der Waals surface area contributed by atoms with Crippen LogP contribution in [0, 0.1) is 0 Å². The molecule has 0 fully saturated rings. The number of hydrogen-bond donors (Lipinski definition) is 1. The van der Waals surface area contributed by atoms with E-state index in [-0.39, 0.29) is 0 Å². The maximum absolute atomic E-state index is 12.4. The highest BCUT2D eigenvalue weighted by atomic mass is 35.5. The number of carbonyl (C=O) groups excluding carboxylic acids is 1. The summed E-state index contributed by atoms with van der Waals surface area (Å²) < 4.78 is 11.3. The van der Waals surface area contributed by atoms with Gasteiger partial charge in [-0.05, 0) is 48.9 Å². The number of hydrazone groups is 1. The van der Waals surface area contributed by atoms with Gasteiger partial charge in [-0.3, -0.25) is 4.79 Å². The number of amides is 1. The van der Waals surface area contributed by atoms with Gasteiger partial charge < -0.3 is 9.47 Å². The second-order valence-corrected chi connectivity index (χ2v) is 7.18. The number of benzene rings is 2. The van der Waals surface area contributed by atoms with Crippen molar-refractivity contribution in [3.05, 3.63) is 56.9 Å². The van der Waals surface area contributed by atoms with Gasteiger partial charge >= 0.3 is 0 Å². The zero-order valence-corrected chi connectivity index (χ0v) is 16.9. The smallest absolute Gasteiger partial charge is 0.283 e. The van der Waals surface area contributed by atoms with E-state index in [0.29, 0.717) is 37.4 Å². The summed E-state index contributed by atoms with van der Waals surface area (Å²) in [6.07, 6.45) is 1.55. The van der Waals surface area contributed by atoms with Crippen LogP contribution in [0.15, 0.2) is 41.5 Å². The molecular weight excluding hydrogens is 407 g/mol. The molecule has 140 valence electrons. The Morgan fingerprint density at radius 1 is 1.19 bits per heavy atom. The summed E-state index contributed by atoms with van der Waals surface area (Å²) in [4.78, 5) is 12.8. The zero-order chi connectivity index (χ0) is 19.4. The fourth-order valence-electron chi connectivity index (χ4n) is 2.42. The summed E-state index contributed by atoms with van der Waals surface area (Å²) >= 11 is 13.8. The van der Waals surface area contributed by atoms with E-state index in [1.807, 2.05) is 31.2 Å². The van der Waals surface area contributed by atoms with Gasteiger partial charge in [0.05, 0.1) is 29.7 Å². The number of thiophene rings is 1. The number of methoxy groups -OCH3 is 1. The van der Waals surface area contributed by atoms with Crippen LogP contribution < -0.4 is 14.9 Å². The predicted molar refractivity (Wildman–Crippen MR) is 111 cm³/mol. The quantitative estimate of drug-likeness (QED) is 0.428. The van der Waals surface area contributed by atoms with Crippen molar-refractivity contribution in [2.24, 2.45) is 5.10 Å². The van der Waals surface area contributed by atoms with Crippen LogP contribution in [0.4, 0.5) is 0 Å². The van der Waals surface area contributed by atoms with Crippen LogP contribution in [-0.4, -0.2) is 25.8 Å². The van der Waals surface area contributed by atoms with Gasteiger partial charge in [0.2, 0.25) is 0 Å². The lowest BCUT2D eigenvalue weighted by atomic mass is 10.2. The molecule has 0 saturated carbocycles. The highest BCUT2D eigenvalue weighted by Gasteiger charge is 2.20. The van der Waals surface area contributed by atoms with Crippen molar-refractivity contribution < 1.29 is 14.3 Å². The van der Waals surface area contributed by atoms with Gasteiger partial charge in [0.15, 0.2) is 0 Å². The summed E-state index contributed by atoms with van der Waals surface area (Å²) in [6, 6.07) is 10.9. The van der Waals surface area contributed by atoms with Gasteiger partial charge in [0.25, 0.3) is 5.91 Å². The Morgan fingerprint density at radius 2 is 1.93 bits per heavy atom. The molecule has 0 spiro atoms. The predicted octanol–water partition coefficient (Wildman–Crippen LogP) is 5.38. The molecule has 0 aliphatic heterocycles. The first kappa shape index (κ1) is 19.5. The minimum atomic E-state index is -0.404. The summed E-state index contributed by atoms with van der Waals surface area (Å²) in [5.41, 5.74) is 3.32. The Bertz CT molecular complexity index is 1000. The molecule has 0 atom stereocenters. The van der Waals surface area contributed by atoms with Gasteiger partial charge in [-0.2, -0.15) is 5.10 Å². The molecule has 0 unspecified atom stereocenters. The van der Waals surface area contributed by atoms with E-state index in [1.54, 1.807) is 18.3 Å². The summed E-state index contributed by atoms with van der Waals surface area (Å²) in [7, 11) is 1.53. The average molecular weight is 423 g/mol. The second-order valence-electron chi connectivity index (χ2n) is 5.40. The molecule has 1 heterocycles. The molecule has 3 aromatic rings. The van der Waals surface area contributed by atoms with E-state index < -0.39 is 5.91 Å². The Kier molecular flexibility index (Phi) is 6.21. The van der Waals surface area contributed by atoms with E-state index >= 15 is 0 Å². The molecule has 1 amide bonds. The molecule has 3 rings (SSSR count). The first-order chi connectivity index (χ1) is 13.0. The molecule has 1 aromatic heterocycles. The minimum Gasteiger partial charge on any atom is -0.495 e. The van der Waals surface area contributed by atoms with E-state index in [9.17, 15) is 4.79 Å². The second kappa shape index (κ2) is 8.61. The van der Waals surface area contributed by atoms with Crippen LogP contribution in [0.5, 0.6) is 11.5 Å². The van der Waals surface area contributed by atoms with Gasteiger partial charge in [0.1, 0.15) is 21.4 Å². The third-order valence-corrected chi connectivity index (χ3v) is 5.91. The molecule has 2 aromatic carbocycles. The summed E-state index contributed by atoms with van der Waals surface area (Å²) in [5, 5.41) is 5.46. The Hall–Kier alpha value is -2.28. The van der Waals surface area contributed by atoms with Crippen molar-refractivity contribution >= 4 is 56.7 Å². The topological polar surface area (TPSA) is 59.9 Å². The van der Waals surface area contributed by atoms with Gasteiger partial charge in [-0.15, -0.1) is 11.3 Å². The van der Waals surface area contributed by atoms with Crippen molar-refractivity contribution in [3.63, 3.8) is 0 Å². The Balaban J connectivity index is 1.76. The van der Waals surface area contributed by atoms with Gasteiger partial charge in [-0.1, -0.05) is 23.2 Å². The average Bonchev–Trinajstić information content (AvgIpc) is 3.01.